The van der Waals surface area contributed by atoms with E-state index in [0.29, 0.717) is 0 Å². The van der Waals surface area contributed by atoms with E-state index in [0.717, 1.165) is 16.9 Å². The van der Waals surface area contributed by atoms with Gasteiger partial charge in [0.15, 0.2) is 0 Å². The summed E-state index contributed by atoms with van der Waals surface area (Å²) >= 11 is 3.78. The highest BCUT2D eigenvalue weighted by molar-refractivity contribution is 7.27. The van der Waals surface area contributed by atoms with Crippen molar-refractivity contribution in [1.82, 2.24) is 22.8 Å². The number of fused-ring (bicyclic) bond motifs is 26. The number of furan rings is 1. The predicted octanol–water partition coefficient (Wildman–Crippen LogP) is 41.2. The topological polar surface area (TPSA) is 37.8 Å². The first kappa shape index (κ1) is 102. The molecular weight excluding hydrogens is 1660 g/mol. The summed E-state index contributed by atoms with van der Waals surface area (Å²) in [5.74, 6) is 0. The number of rotatable bonds is 5. The second-order valence-electron chi connectivity index (χ2n) is 28.2. The van der Waals surface area contributed by atoms with Gasteiger partial charge in [-0.1, -0.05) is 415 Å². The van der Waals surface area contributed by atoms with Gasteiger partial charge in [-0.3, -0.25) is 0 Å². The van der Waals surface area contributed by atoms with Gasteiger partial charge in [0.05, 0.1) is 55.2 Å². The number of nitrogens with zero attached hydrogens (tertiary/aromatic N) is 5. The fourth-order valence-electron chi connectivity index (χ4n) is 17.4. The number of para-hydroxylation sites is 11. The molecule has 6 nitrogen and oxygen atoms in total. The van der Waals surface area contributed by atoms with Crippen LogP contribution in [0, 0.1) is 0 Å². The monoisotopic (exact) mass is 1800 g/mol. The number of benzene rings is 17. The van der Waals surface area contributed by atoms with E-state index in [9.17, 15) is 0 Å². The lowest BCUT2D eigenvalue weighted by molar-refractivity contribution is 0.669. The van der Waals surface area contributed by atoms with Gasteiger partial charge in [-0.25, -0.2) is 0 Å². The first-order valence-corrected chi connectivity index (χ1v) is 51.0. The molecule has 0 aliphatic rings. The summed E-state index contributed by atoms with van der Waals surface area (Å²) in [6.45, 7) is 48.0. The zero-order valence-electron chi connectivity index (χ0n) is 83.5. The van der Waals surface area contributed by atoms with Gasteiger partial charge in [-0.15, -0.1) is 22.7 Å². The van der Waals surface area contributed by atoms with Gasteiger partial charge in [0.2, 0.25) is 0 Å². The molecule has 0 N–H and O–H groups in total. The zero-order chi connectivity index (χ0) is 96.3. The molecule has 0 unspecified atom stereocenters. The standard InChI is InChI=1S/C30H20N2.C24H15NO.2C24H15NS.12C2H6/c1-3-11-21(12-4-1)31-27-18-10-8-16-25(27)29-28(31)20-19-24-23-15-7-9-17-26(23)32(30(24)29)22-13-5-2-6-14-22;1-2-8-16(9-3-1)25-21-12-6-4-10-17(21)19-14-20-18-11-5-7-13-23(18)26-24(20)15-22(19)25;1-2-8-16(9-3-1)25-20-12-6-4-11-19(20)23-21(25)15-14-18-17-10-5-7-13-22(17)26-24(18)23;1-2-8-16(9-3-1)25-21-12-6-4-10-17(21)19-14-20-18-11-5-7-13-23(18)26-24(20)15-22(19)25;12*1-2/h1-20H;3*1-15H;12*1-2H3. The van der Waals surface area contributed by atoms with Crippen LogP contribution in [0.25, 0.3) is 200 Å². The Morgan fingerprint density at radius 1 is 0.157 bits per heavy atom. The Morgan fingerprint density at radius 2 is 0.440 bits per heavy atom. The number of hydrogen-bond donors (Lipinski definition) is 0. The summed E-state index contributed by atoms with van der Waals surface area (Å²) in [7, 11) is 0. The van der Waals surface area contributed by atoms with Gasteiger partial charge in [0, 0.05) is 139 Å². The van der Waals surface area contributed by atoms with Crippen molar-refractivity contribution >= 4 is 194 Å². The largest absolute Gasteiger partial charge is 0.456 e. The molecule has 0 radical (unpaired) electrons. The van der Waals surface area contributed by atoms with E-state index in [2.05, 4.69) is 405 Å². The van der Waals surface area contributed by atoms with Gasteiger partial charge in [-0.2, -0.15) is 0 Å². The van der Waals surface area contributed by atoms with Crippen LogP contribution in [-0.4, -0.2) is 22.8 Å². The maximum Gasteiger partial charge on any atom is 0.137 e. The van der Waals surface area contributed by atoms with E-state index < -0.39 is 0 Å². The summed E-state index contributed by atoms with van der Waals surface area (Å²) in [4.78, 5) is 0. The van der Waals surface area contributed by atoms with Gasteiger partial charge in [0.25, 0.3) is 0 Å². The molecule has 0 saturated heterocycles. The summed E-state index contributed by atoms with van der Waals surface area (Å²) in [5.41, 5.74) is 20.2. The van der Waals surface area contributed by atoms with Crippen molar-refractivity contribution in [2.45, 2.75) is 166 Å². The Bertz CT molecular complexity index is 7600. The van der Waals surface area contributed by atoms with Gasteiger partial charge in [0.1, 0.15) is 11.2 Å². The highest BCUT2D eigenvalue weighted by atomic mass is 32.1. The minimum absolute atomic E-state index is 0.929. The quantitative estimate of drug-likeness (QED) is 0.169. The molecular formula is C126H137N5OS2. The third-order valence-electron chi connectivity index (χ3n) is 22.1. The van der Waals surface area contributed by atoms with Crippen molar-refractivity contribution in [2.75, 3.05) is 0 Å². The molecule has 0 atom stereocenters. The lowest BCUT2D eigenvalue weighted by atomic mass is 10.1. The highest BCUT2D eigenvalue weighted by Crippen LogP contribution is 2.47. The smallest absolute Gasteiger partial charge is 0.137 e. The average molecular weight is 1800 g/mol. The molecule has 0 amide bonds. The Balaban J connectivity index is 0.000000172. The summed E-state index contributed by atoms with van der Waals surface area (Å²) in [5, 5.41) is 20.7. The lowest BCUT2D eigenvalue weighted by Gasteiger charge is -2.09. The average Bonchev–Trinajstić information content (AvgIpc) is 1.53. The fraction of sp³-hybridized carbons (Fsp3) is 0.190. The van der Waals surface area contributed by atoms with Crippen LogP contribution in [0.5, 0.6) is 0 Å². The maximum atomic E-state index is 6.13. The molecule has 8 aromatic heterocycles. The highest BCUT2D eigenvalue weighted by Gasteiger charge is 2.23. The Kier molecular flexibility index (Phi) is 39.0. The van der Waals surface area contributed by atoms with Gasteiger partial charge in [-0.05, 0) is 140 Å². The number of hydrogen-bond acceptors (Lipinski definition) is 3. The van der Waals surface area contributed by atoms with E-state index in [1.54, 1.807) is 0 Å². The van der Waals surface area contributed by atoms with E-state index >= 15 is 0 Å². The molecule has 17 aromatic carbocycles. The molecule has 0 spiro atoms. The SMILES string of the molecule is CC.CC.CC.CC.CC.CC.CC.CC.CC.CC.CC.CC.c1ccc(-n2c3ccccc3c3c2ccc2c4ccccc4n(-c4ccccc4)c23)cc1.c1ccc(-n2c3ccccc3c3c4sc5ccccc5c4ccc32)cc1.c1ccc(-n2c3ccccc3c3cc4c(cc32)oc2ccccc24)cc1.c1ccc(-n2c3ccccc3c3cc4c(cc32)sc2ccccc24)cc1. The van der Waals surface area contributed by atoms with Crippen molar-refractivity contribution in [3.8, 4) is 28.4 Å². The van der Waals surface area contributed by atoms with Crippen LogP contribution >= 0.6 is 22.7 Å². The fourth-order valence-corrected chi connectivity index (χ4v) is 19.8. The molecule has 0 fully saturated rings. The molecule has 25 rings (SSSR count). The Morgan fingerprint density at radius 3 is 0.866 bits per heavy atom. The molecule has 684 valence electrons. The van der Waals surface area contributed by atoms with Crippen LogP contribution < -0.4 is 0 Å². The molecule has 134 heavy (non-hydrogen) atoms. The van der Waals surface area contributed by atoms with E-state index in [4.69, 9.17) is 4.42 Å². The van der Waals surface area contributed by atoms with Crippen LogP contribution in [0.1, 0.15) is 166 Å². The third-order valence-corrected chi connectivity index (χ3v) is 24.4. The minimum Gasteiger partial charge on any atom is -0.456 e. The summed E-state index contributed by atoms with van der Waals surface area (Å²) in [6.07, 6.45) is 0. The summed E-state index contributed by atoms with van der Waals surface area (Å²) in [6, 6.07) is 141. The van der Waals surface area contributed by atoms with Crippen molar-refractivity contribution in [3.63, 3.8) is 0 Å². The van der Waals surface area contributed by atoms with E-state index in [1.807, 2.05) is 201 Å². The van der Waals surface area contributed by atoms with Gasteiger partial charge < -0.3 is 27.3 Å². The third kappa shape index (κ3) is 20.0. The molecule has 0 bridgehead atoms. The number of aromatic nitrogens is 5. The van der Waals surface area contributed by atoms with Crippen molar-refractivity contribution in [3.05, 3.63) is 394 Å². The van der Waals surface area contributed by atoms with E-state index in [1.165, 1.54) is 183 Å². The zero-order valence-corrected chi connectivity index (χ0v) is 85.1. The van der Waals surface area contributed by atoms with Crippen LogP contribution in [0.2, 0.25) is 0 Å². The normalized spacial score (nSPS) is 10.2. The van der Waals surface area contributed by atoms with Crippen molar-refractivity contribution in [2.24, 2.45) is 0 Å². The Hall–Kier alpha value is -14.0. The van der Waals surface area contributed by atoms with Crippen LogP contribution in [-0.2, 0) is 0 Å². The summed E-state index contributed by atoms with van der Waals surface area (Å²) < 4.78 is 23.5. The van der Waals surface area contributed by atoms with Crippen LogP contribution in [0.3, 0.4) is 0 Å². The molecule has 0 aliphatic heterocycles. The molecule has 8 heteroatoms. The van der Waals surface area contributed by atoms with Crippen molar-refractivity contribution in [1.29, 1.82) is 0 Å². The Labute approximate surface area is 804 Å². The predicted molar refractivity (Wildman–Crippen MR) is 607 cm³/mol. The molecule has 0 saturated carbocycles. The second-order valence-corrected chi connectivity index (χ2v) is 30.3. The number of thiophene rings is 2. The molecule has 25 aromatic rings. The van der Waals surface area contributed by atoms with Crippen LogP contribution in [0.4, 0.5) is 0 Å². The second kappa shape index (κ2) is 51.1. The minimum atomic E-state index is 0.929. The van der Waals surface area contributed by atoms with Crippen molar-refractivity contribution < 1.29 is 4.42 Å². The molecule has 0 aliphatic carbocycles. The first-order chi connectivity index (χ1) is 66.6. The maximum absolute atomic E-state index is 6.13. The molecule has 8 heterocycles. The van der Waals surface area contributed by atoms with E-state index in [-0.39, 0.29) is 0 Å². The van der Waals surface area contributed by atoms with Crippen LogP contribution in [0.15, 0.2) is 399 Å². The first-order valence-electron chi connectivity index (χ1n) is 49.4. The lowest BCUT2D eigenvalue weighted by Crippen LogP contribution is -1.95. The van der Waals surface area contributed by atoms with Gasteiger partial charge >= 0.3 is 0 Å².